The van der Waals surface area contributed by atoms with Crippen LogP contribution in [0.25, 0.3) is 0 Å². The average Bonchev–Trinajstić information content (AvgIpc) is 1.62. The molecule has 0 amide bonds. The Morgan fingerprint density at radius 1 is 1.50 bits per heavy atom. The Labute approximate surface area is 102 Å². The molecule has 0 fully saturated rings. The van der Waals surface area contributed by atoms with E-state index in [0.717, 1.165) is 0 Å². The summed E-state index contributed by atoms with van der Waals surface area (Å²) in [6.45, 7) is 0. The zero-order valence-electron chi connectivity index (χ0n) is 6.04. The van der Waals surface area contributed by atoms with Gasteiger partial charge in [0.15, 0.2) is 0 Å². The van der Waals surface area contributed by atoms with Gasteiger partial charge in [-0.1, -0.05) is 34.8 Å². The van der Waals surface area contributed by atoms with Crippen LogP contribution in [0.4, 0.5) is 0 Å². The molecule has 0 aliphatic carbocycles. The molecule has 0 saturated carbocycles. The minimum Gasteiger partial charge on any atom is -1.00 e. The summed E-state index contributed by atoms with van der Waals surface area (Å²) < 4.78 is 2.09. The van der Waals surface area contributed by atoms with Crippen LogP contribution < -0.4 is 29.6 Å². The number of carbonyl (C=O) groups is 1. The van der Waals surface area contributed by atoms with E-state index in [1.807, 2.05) is 0 Å². The molecule has 0 atom stereocenters. The van der Waals surface area contributed by atoms with Crippen molar-refractivity contribution in [2.75, 3.05) is 0 Å². The number of halogens is 4. The number of rotatable bonds is 1. The third-order valence-electron chi connectivity index (χ3n) is 0.431. The molecule has 0 N–H and O–H groups in total. The van der Waals surface area contributed by atoms with Gasteiger partial charge in [-0.3, -0.25) is 4.79 Å². The molecule has 0 bridgehead atoms. The normalized spacial score (nSPS) is 10.0. The summed E-state index contributed by atoms with van der Waals surface area (Å²) in [6, 6.07) is 0. The van der Waals surface area contributed by atoms with Gasteiger partial charge in [-0.2, -0.15) is 0 Å². The van der Waals surface area contributed by atoms with E-state index in [-0.39, 0.29) is 37.4 Å². The third kappa shape index (κ3) is 9.63. The first-order valence-electron chi connectivity index (χ1n) is 1.84. The van der Waals surface area contributed by atoms with E-state index < -0.39 is 9.76 Å². The van der Waals surface area contributed by atoms with Gasteiger partial charge in [0.25, 0.3) is 0 Å². The third-order valence-corrected chi connectivity index (χ3v) is 1.00. The predicted molar refractivity (Wildman–Crippen MR) is 38.0 cm³/mol. The molecule has 0 aromatic rings. The van der Waals surface area contributed by atoms with E-state index >= 15 is 0 Å². The fourth-order valence-electron chi connectivity index (χ4n) is 0.191. The number of hydrogen-bond donors (Lipinski definition) is 0. The predicted octanol–water partition coefficient (Wildman–Crippen LogP) is -0.440. The van der Waals surface area contributed by atoms with Gasteiger partial charge in [-0.15, -0.1) is 0 Å². The van der Waals surface area contributed by atoms with Crippen molar-refractivity contribution in [3.8, 4) is 0 Å². The van der Waals surface area contributed by atoms with Crippen LogP contribution in [0, 0.1) is 0 Å². The van der Waals surface area contributed by atoms with Gasteiger partial charge in [-0.05, 0) is 0 Å². The largest absolute Gasteiger partial charge is 1.00 e. The number of carbonyl (C=O) groups excluding carboxylic acids is 1. The smallest absolute Gasteiger partial charge is 1.00 e. The monoisotopic (exact) mass is 234 g/mol. The Hall–Kier alpha value is 1.63. The summed E-state index contributed by atoms with van der Waals surface area (Å²) in [4.78, 5) is 10.2. The summed E-state index contributed by atoms with van der Waals surface area (Å²) in [6.07, 6.45) is -0.346. The average molecular weight is 236 g/mol. The fourth-order valence-corrected chi connectivity index (χ4v) is 0.573. The SMILES string of the molecule is O=C(CC(Cl)(Cl)Cl)OCl.[H-].[Na+]. The molecule has 2 nitrogen and oxygen atoms in total. The maximum Gasteiger partial charge on any atom is 1.00 e. The van der Waals surface area contributed by atoms with Crippen LogP contribution >= 0.6 is 46.7 Å². The Kier molecular flexibility index (Phi) is 8.76. The van der Waals surface area contributed by atoms with E-state index in [2.05, 4.69) is 16.2 Å². The van der Waals surface area contributed by atoms with Crippen LogP contribution in [-0.4, -0.2) is 9.76 Å². The van der Waals surface area contributed by atoms with E-state index in [1.165, 1.54) is 0 Å². The first-order valence-corrected chi connectivity index (χ1v) is 3.28. The molecule has 0 spiro atoms. The molecule has 0 aromatic heterocycles. The quantitative estimate of drug-likeness (QED) is 0.455. The topological polar surface area (TPSA) is 26.3 Å². The van der Waals surface area contributed by atoms with Crippen LogP contribution in [0.1, 0.15) is 7.85 Å². The molecular weight excluding hydrogens is 233 g/mol. The van der Waals surface area contributed by atoms with Crippen molar-refractivity contribution >= 4 is 52.6 Å². The van der Waals surface area contributed by atoms with Crippen LogP contribution in [-0.2, 0) is 9.08 Å². The first-order chi connectivity index (χ1) is 3.95. The second-order valence-electron chi connectivity index (χ2n) is 1.24. The maximum absolute atomic E-state index is 10.2. The first kappa shape index (κ1) is 14.2. The van der Waals surface area contributed by atoms with Gasteiger partial charge < -0.3 is 5.72 Å². The van der Waals surface area contributed by atoms with Gasteiger partial charge in [-0.25, -0.2) is 0 Å². The molecule has 0 rings (SSSR count). The fraction of sp³-hybridized carbons (Fsp3) is 0.667. The van der Waals surface area contributed by atoms with E-state index in [9.17, 15) is 4.79 Å². The van der Waals surface area contributed by atoms with Crippen LogP contribution in [0.3, 0.4) is 0 Å². The minimum atomic E-state index is -1.62. The van der Waals surface area contributed by atoms with Crippen molar-refractivity contribution in [2.45, 2.75) is 10.2 Å². The Balaban J connectivity index is -0.000000320. The van der Waals surface area contributed by atoms with Gasteiger partial charge in [0.2, 0.25) is 3.79 Å². The number of hydrogen-bond acceptors (Lipinski definition) is 2. The van der Waals surface area contributed by atoms with Crippen molar-refractivity contribution < 1.29 is 40.1 Å². The second kappa shape index (κ2) is 6.18. The summed E-state index contributed by atoms with van der Waals surface area (Å²) in [5.41, 5.74) is 0. The Morgan fingerprint density at radius 2 is 1.90 bits per heavy atom. The zero-order valence-corrected chi connectivity index (χ0v) is 10.1. The van der Waals surface area contributed by atoms with Crippen molar-refractivity contribution in [3.63, 3.8) is 0 Å². The van der Waals surface area contributed by atoms with Crippen LogP contribution in [0.2, 0.25) is 0 Å². The maximum atomic E-state index is 10.2. The van der Waals surface area contributed by atoms with Crippen molar-refractivity contribution in [1.82, 2.24) is 0 Å². The van der Waals surface area contributed by atoms with Crippen molar-refractivity contribution in [2.24, 2.45) is 0 Å². The summed E-state index contributed by atoms with van der Waals surface area (Å²) >= 11 is 20.2. The molecule has 0 aliphatic heterocycles. The van der Waals surface area contributed by atoms with E-state index in [4.69, 9.17) is 34.8 Å². The molecule has 0 aromatic carbocycles. The molecule has 0 radical (unpaired) electrons. The zero-order chi connectivity index (χ0) is 7.49. The summed E-state index contributed by atoms with van der Waals surface area (Å²) in [5.74, 6) is -0.767. The van der Waals surface area contributed by atoms with Gasteiger partial charge in [0.1, 0.15) is 11.9 Å². The van der Waals surface area contributed by atoms with E-state index in [0.29, 0.717) is 0 Å². The molecule has 7 heteroatoms. The van der Waals surface area contributed by atoms with Gasteiger partial charge >= 0.3 is 35.5 Å². The van der Waals surface area contributed by atoms with Crippen LogP contribution in [0.5, 0.6) is 0 Å². The molecule has 0 heterocycles. The molecule has 0 aliphatic rings. The molecule has 10 heavy (non-hydrogen) atoms. The van der Waals surface area contributed by atoms with Crippen molar-refractivity contribution in [3.05, 3.63) is 0 Å². The Morgan fingerprint density at radius 3 is 2.00 bits per heavy atom. The number of alkyl halides is 3. The van der Waals surface area contributed by atoms with Gasteiger partial charge in [0, 0.05) is 0 Å². The van der Waals surface area contributed by atoms with E-state index in [1.54, 1.807) is 0 Å². The standard InChI is InChI=1S/C3H2Cl4O2.Na.H/c4-3(5,6)1-2(8)9-7;;/h1H2;;/q;+1;-1. The summed E-state index contributed by atoms with van der Waals surface area (Å²) in [7, 11) is 0. The van der Waals surface area contributed by atoms with Crippen LogP contribution in [0.15, 0.2) is 0 Å². The van der Waals surface area contributed by atoms with Gasteiger partial charge in [0.05, 0.1) is 6.42 Å². The minimum absolute atomic E-state index is 0. The molecule has 56 valence electrons. The second-order valence-corrected chi connectivity index (χ2v) is 3.91. The Bertz CT molecular complexity index is 116. The molecule has 0 saturated heterocycles. The van der Waals surface area contributed by atoms with Crippen molar-refractivity contribution in [1.29, 1.82) is 0 Å². The molecular formula is C3H3Cl4NaO2. The molecule has 0 unspecified atom stereocenters. The summed E-state index contributed by atoms with van der Waals surface area (Å²) in [5, 5.41) is 0.